The highest BCUT2D eigenvalue weighted by Gasteiger charge is 2.19. The number of fused-ring (bicyclic) bond motifs is 1. The van der Waals surface area contributed by atoms with Crippen LogP contribution in [0.5, 0.6) is 0 Å². The second-order valence-electron chi connectivity index (χ2n) is 4.58. The van der Waals surface area contributed by atoms with Gasteiger partial charge in [-0.05, 0) is 30.2 Å². The summed E-state index contributed by atoms with van der Waals surface area (Å²) in [5, 5.41) is 5.54. The minimum atomic E-state index is -0.245. The van der Waals surface area contributed by atoms with Crippen molar-refractivity contribution in [2.45, 2.75) is 32.2 Å². The molecule has 0 saturated carbocycles. The summed E-state index contributed by atoms with van der Waals surface area (Å²) in [5.41, 5.74) is 2.17. The van der Waals surface area contributed by atoms with E-state index in [1.807, 2.05) is 6.92 Å². The molecule has 0 radical (unpaired) electrons. The second-order valence-corrected chi connectivity index (χ2v) is 4.58. The zero-order valence-electron chi connectivity index (χ0n) is 10.8. The highest BCUT2D eigenvalue weighted by Crippen LogP contribution is 2.23. The summed E-state index contributed by atoms with van der Waals surface area (Å²) in [5.74, 6) is 2.33. The van der Waals surface area contributed by atoms with Gasteiger partial charge in [0.05, 0.1) is 12.5 Å². The Hall–Kier alpha value is -2.28. The van der Waals surface area contributed by atoms with Crippen molar-refractivity contribution in [1.82, 2.24) is 5.32 Å². The molecule has 0 aromatic heterocycles. The molecule has 4 heteroatoms. The molecule has 1 aromatic carbocycles. The SMILES string of the molecule is C#CC(CCC)NC(=O)c1ccc2c(c1)CC(=O)N2. The summed E-state index contributed by atoms with van der Waals surface area (Å²) in [7, 11) is 0. The standard InChI is InChI=1S/C15H16N2O2/c1-3-5-12(4-2)16-15(19)10-6-7-13-11(8-10)9-14(18)17-13/h2,6-8,12H,3,5,9H2,1H3,(H,16,19)(H,17,18). The third-order valence-electron chi connectivity index (χ3n) is 3.08. The van der Waals surface area contributed by atoms with E-state index in [-0.39, 0.29) is 17.9 Å². The number of hydrogen-bond acceptors (Lipinski definition) is 2. The molecule has 0 aliphatic carbocycles. The van der Waals surface area contributed by atoms with Crippen molar-refractivity contribution in [1.29, 1.82) is 0 Å². The first-order chi connectivity index (χ1) is 9.13. The Bertz CT molecular complexity index is 558. The van der Waals surface area contributed by atoms with Gasteiger partial charge in [0, 0.05) is 11.3 Å². The summed E-state index contributed by atoms with van der Waals surface area (Å²) in [6.07, 6.45) is 7.37. The van der Waals surface area contributed by atoms with Crippen molar-refractivity contribution in [3.05, 3.63) is 29.3 Å². The molecule has 1 heterocycles. The summed E-state index contributed by atoms with van der Waals surface area (Å²) >= 11 is 0. The van der Waals surface area contributed by atoms with Crippen LogP contribution in [0.1, 0.15) is 35.7 Å². The van der Waals surface area contributed by atoms with Crippen LogP contribution in [0.25, 0.3) is 0 Å². The van der Waals surface area contributed by atoms with Crippen LogP contribution in [-0.4, -0.2) is 17.9 Å². The fourth-order valence-corrected chi connectivity index (χ4v) is 2.10. The van der Waals surface area contributed by atoms with E-state index < -0.39 is 0 Å². The number of carbonyl (C=O) groups is 2. The predicted octanol–water partition coefficient (Wildman–Crippen LogP) is 1.71. The van der Waals surface area contributed by atoms with Gasteiger partial charge in [-0.15, -0.1) is 6.42 Å². The lowest BCUT2D eigenvalue weighted by molar-refractivity contribution is -0.115. The maximum Gasteiger partial charge on any atom is 0.252 e. The molecule has 98 valence electrons. The van der Waals surface area contributed by atoms with Gasteiger partial charge in [0.25, 0.3) is 5.91 Å². The maximum absolute atomic E-state index is 12.1. The largest absolute Gasteiger partial charge is 0.338 e. The van der Waals surface area contributed by atoms with Crippen LogP contribution in [-0.2, 0) is 11.2 Å². The summed E-state index contributed by atoms with van der Waals surface area (Å²) < 4.78 is 0. The van der Waals surface area contributed by atoms with Crippen molar-refractivity contribution in [2.75, 3.05) is 5.32 Å². The summed E-state index contributed by atoms with van der Waals surface area (Å²) in [6, 6.07) is 4.94. The zero-order chi connectivity index (χ0) is 13.8. The van der Waals surface area contributed by atoms with Gasteiger partial charge in [0.15, 0.2) is 0 Å². The van der Waals surface area contributed by atoms with Crippen molar-refractivity contribution < 1.29 is 9.59 Å². The van der Waals surface area contributed by atoms with Crippen molar-refractivity contribution in [2.24, 2.45) is 0 Å². The predicted molar refractivity (Wildman–Crippen MR) is 73.8 cm³/mol. The number of hydrogen-bond donors (Lipinski definition) is 2. The van der Waals surface area contributed by atoms with Crippen LogP contribution >= 0.6 is 0 Å². The normalized spacial score (nSPS) is 14.2. The van der Waals surface area contributed by atoms with Crippen LogP contribution < -0.4 is 10.6 Å². The Balaban J connectivity index is 2.11. The minimum absolute atomic E-state index is 0.0416. The lowest BCUT2D eigenvalue weighted by Crippen LogP contribution is -2.33. The quantitative estimate of drug-likeness (QED) is 0.806. The van der Waals surface area contributed by atoms with Crippen molar-refractivity contribution in [3.63, 3.8) is 0 Å². The molecule has 1 aliphatic heterocycles. The lowest BCUT2D eigenvalue weighted by Gasteiger charge is -2.12. The molecule has 1 unspecified atom stereocenters. The number of rotatable bonds is 4. The molecular weight excluding hydrogens is 240 g/mol. The molecule has 0 spiro atoms. The number of amides is 2. The van der Waals surface area contributed by atoms with Gasteiger partial charge in [0.1, 0.15) is 0 Å². The lowest BCUT2D eigenvalue weighted by atomic mass is 10.1. The van der Waals surface area contributed by atoms with E-state index in [0.29, 0.717) is 12.0 Å². The molecular formula is C15H16N2O2. The minimum Gasteiger partial charge on any atom is -0.338 e. The number of anilines is 1. The third-order valence-corrected chi connectivity index (χ3v) is 3.08. The van der Waals surface area contributed by atoms with Crippen molar-refractivity contribution in [3.8, 4) is 12.3 Å². The van der Waals surface area contributed by atoms with E-state index in [1.54, 1.807) is 18.2 Å². The van der Waals surface area contributed by atoms with E-state index in [4.69, 9.17) is 6.42 Å². The fraction of sp³-hybridized carbons (Fsp3) is 0.333. The highest BCUT2D eigenvalue weighted by molar-refractivity contribution is 6.01. The first-order valence-electron chi connectivity index (χ1n) is 6.33. The number of nitrogens with one attached hydrogen (secondary N) is 2. The molecule has 1 aromatic rings. The van der Waals surface area contributed by atoms with Gasteiger partial charge in [-0.25, -0.2) is 0 Å². The Morgan fingerprint density at radius 1 is 1.58 bits per heavy atom. The van der Waals surface area contributed by atoms with Crippen LogP contribution in [0.15, 0.2) is 18.2 Å². The number of terminal acetylenes is 1. The van der Waals surface area contributed by atoms with Gasteiger partial charge in [0.2, 0.25) is 5.91 Å². The average Bonchev–Trinajstić information content (AvgIpc) is 2.76. The maximum atomic E-state index is 12.1. The van der Waals surface area contributed by atoms with Gasteiger partial charge in [-0.2, -0.15) is 0 Å². The van der Waals surface area contributed by atoms with Gasteiger partial charge in [-0.3, -0.25) is 9.59 Å². The summed E-state index contributed by atoms with van der Waals surface area (Å²) in [6.45, 7) is 2.02. The second kappa shape index (κ2) is 5.57. The Kier molecular flexibility index (Phi) is 3.86. The summed E-state index contributed by atoms with van der Waals surface area (Å²) in [4.78, 5) is 23.3. The molecule has 1 aliphatic rings. The van der Waals surface area contributed by atoms with Crippen LogP contribution in [0, 0.1) is 12.3 Å². The van der Waals surface area contributed by atoms with E-state index >= 15 is 0 Å². The third kappa shape index (κ3) is 2.94. The molecule has 4 nitrogen and oxygen atoms in total. The molecule has 1 atom stereocenters. The van der Waals surface area contributed by atoms with E-state index in [0.717, 1.165) is 24.1 Å². The molecule has 2 rings (SSSR count). The highest BCUT2D eigenvalue weighted by atomic mass is 16.2. The monoisotopic (exact) mass is 256 g/mol. The first-order valence-corrected chi connectivity index (χ1v) is 6.33. The fourth-order valence-electron chi connectivity index (χ4n) is 2.10. The molecule has 0 fully saturated rings. The smallest absolute Gasteiger partial charge is 0.252 e. The van der Waals surface area contributed by atoms with Gasteiger partial charge in [-0.1, -0.05) is 19.3 Å². The van der Waals surface area contributed by atoms with E-state index in [2.05, 4.69) is 16.6 Å². The number of carbonyl (C=O) groups excluding carboxylic acids is 2. The zero-order valence-corrected chi connectivity index (χ0v) is 10.8. The van der Waals surface area contributed by atoms with Crippen LogP contribution in [0.2, 0.25) is 0 Å². The average molecular weight is 256 g/mol. The first kappa shape index (κ1) is 13.2. The Morgan fingerprint density at radius 3 is 3.05 bits per heavy atom. The molecule has 2 amide bonds. The molecule has 0 saturated heterocycles. The molecule has 19 heavy (non-hydrogen) atoms. The number of benzene rings is 1. The van der Waals surface area contributed by atoms with Crippen LogP contribution in [0.4, 0.5) is 5.69 Å². The Labute approximate surface area is 112 Å². The molecule has 0 bridgehead atoms. The van der Waals surface area contributed by atoms with Gasteiger partial charge >= 0.3 is 0 Å². The van der Waals surface area contributed by atoms with E-state index in [9.17, 15) is 9.59 Å². The van der Waals surface area contributed by atoms with Crippen LogP contribution in [0.3, 0.4) is 0 Å². The van der Waals surface area contributed by atoms with Crippen molar-refractivity contribution >= 4 is 17.5 Å². The molecule has 2 N–H and O–H groups in total. The Morgan fingerprint density at radius 2 is 2.37 bits per heavy atom. The topological polar surface area (TPSA) is 58.2 Å². The van der Waals surface area contributed by atoms with E-state index in [1.165, 1.54) is 0 Å². The van der Waals surface area contributed by atoms with Gasteiger partial charge < -0.3 is 10.6 Å².